The van der Waals surface area contributed by atoms with Crippen LogP contribution in [-0.2, 0) is 0 Å². The number of aliphatic hydroxyl groups is 1. The van der Waals surface area contributed by atoms with Gasteiger partial charge in [0.1, 0.15) is 0 Å². The Bertz CT molecular complexity index is 301. The molecule has 2 nitrogen and oxygen atoms in total. The van der Waals surface area contributed by atoms with Gasteiger partial charge in [-0.1, -0.05) is 0 Å². The quantitative estimate of drug-likeness (QED) is 0.795. The van der Waals surface area contributed by atoms with E-state index < -0.39 is 0 Å². The second kappa shape index (κ2) is 5.43. The minimum absolute atomic E-state index is 0.205. The molecule has 0 atom stereocenters. The molecule has 0 saturated carbocycles. The summed E-state index contributed by atoms with van der Waals surface area (Å²) in [6.07, 6.45) is 0. The van der Waals surface area contributed by atoms with E-state index in [-0.39, 0.29) is 6.61 Å². The van der Waals surface area contributed by atoms with Gasteiger partial charge >= 0.3 is 94.2 Å². The second-order valence-electron chi connectivity index (χ2n) is 3.27. The summed E-state index contributed by atoms with van der Waals surface area (Å²) in [4.78, 5) is 2.17. The Balaban J connectivity index is 2.88. The maximum absolute atomic E-state index is 8.91. The van der Waals surface area contributed by atoms with Crippen molar-refractivity contribution >= 4 is 26.9 Å². The third-order valence-corrected chi connectivity index (χ3v) is 3.35. The van der Waals surface area contributed by atoms with Crippen molar-refractivity contribution in [2.24, 2.45) is 0 Å². The summed E-state index contributed by atoms with van der Waals surface area (Å²) in [5.74, 6) is 0. The number of rotatable bonds is 4. The molecular formula is C11H16AsNO. The van der Waals surface area contributed by atoms with E-state index in [4.69, 9.17) is 5.11 Å². The molecule has 0 fully saturated rings. The predicted octanol–water partition coefficient (Wildman–Crippen LogP) is 0.607. The van der Waals surface area contributed by atoms with E-state index in [0.29, 0.717) is 6.54 Å². The molecule has 1 aromatic rings. The van der Waals surface area contributed by atoms with E-state index in [1.807, 2.05) is 0 Å². The summed E-state index contributed by atoms with van der Waals surface area (Å²) < 4.78 is 1.25. The average molecular weight is 253 g/mol. The van der Waals surface area contributed by atoms with Crippen LogP contribution in [0, 0.1) is 6.92 Å². The molecule has 2 radical (unpaired) electrons. The summed E-state index contributed by atoms with van der Waals surface area (Å²) in [5.41, 5.74) is 2.47. The molecule has 1 N–H and O–H groups in total. The van der Waals surface area contributed by atoms with Gasteiger partial charge in [-0.2, -0.15) is 0 Å². The van der Waals surface area contributed by atoms with Crippen LogP contribution in [0.15, 0.2) is 18.2 Å². The van der Waals surface area contributed by atoms with E-state index >= 15 is 0 Å². The van der Waals surface area contributed by atoms with Crippen molar-refractivity contribution in [3.63, 3.8) is 0 Å². The zero-order valence-electron chi connectivity index (χ0n) is 8.70. The van der Waals surface area contributed by atoms with Crippen molar-refractivity contribution < 1.29 is 5.11 Å². The van der Waals surface area contributed by atoms with Gasteiger partial charge in [0.2, 0.25) is 0 Å². The van der Waals surface area contributed by atoms with Crippen LogP contribution in [0.2, 0.25) is 0 Å². The summed E-state index contributed by atoms with van der Waals surface area (Å²) >= 11 is 2.57. The average Bonchev–Trinajstić information content (AvgIpc) is 2.19. The van der Waals surface area contributed by atoms with Crippen LogP contribution < -0.4 is 9.25 Å². The first-order valence-electron chi connectivity index (χ1n) is 4.84. The fraction of sp³-hybridized carbons (Fsp3) is 0.455. The van der Waals surface area contributed by atoms with Crippen LogP contribution in [0.5, 0.6) is 0 Å². The van der Waals surface area contributed by atoms with E-state index in [2.05, 4.69) is 53.8 Å². The second-order valence-corrected chi connectivity index (χ2v) is 4.28. The number of hydrogen-bond donors (Lipinski definition) is 1. The number of benzene rings is 1. The number of aryl methyl sites for hydroxylation is 1. The molecule has 1 rings (SSSR count). The first-order chi connectivity index (χ1) is 6.69. The molecule has 76 valence electrons. The first-order valence-corrected chi connectivity index (χ1v) is 5.78. The van der Waals surface area contributed by atoms with E-state index in [1.165, 1.54) is 15.6 Å². The Morgan fingerprint density at radius 1 is 1.43 bits per heavy atom. The van der Waals surface area contributed by atoms with Crippen molar-refractivity contribution in [2.45, 2.75) is 13.8 Å². The van der Waals surface area contributed by atoms with Gasteiger partial charge < -0.3 is 0 Å². The van der Waals surface area contributed by atoms with Crippen molar-refractivity contribution in [2.75, 3.05) is 24.6 Å². The number of nitrogens with zero attached hydrogens (tertiary/aromatic N) is 1. The van der Waals surface area contributed by atoms with Crippen LogP contribution in [-0.4, -0.2) is 41.7 Å². The Morgan fingerprint density at radius 3 is 2.64 bits per heavy atom. The van der Waals surface area contributed by atoms with Crippen molar-refractivity contribution in [1.29, 1.82) is 0 Å². The third kappa shape index (κ3) is 2.76. The molecule has 0 aromatic heterocycles. The molecule has 0 spiro atoms. The molecule has 0 unspecified atom stereocenters. The Morgan fingerprint density at radius 2 is 2.14 bits per heavy atom. The Kier molecular flexibility index (Phi) is 4.50. The van der Waals surface area contributed by atoms with Crippen molar-refractivity contribution in [1.82, 2.24) is 0 Å². The zero-order chi connectivity index (χ0) is 10.6. The molecule has 1 aromatic carbocycles. The monoisotopic (exact) mass is 253 g/mol. The Labute approximate surface area is 94.4 Å². The standard InChI is InChI=1S/C11H16AsNO/c1-3-13(6-7-14)10-4-5-11(12)9(2)8-10/h4-5,8,14H,3,6-7H2,1-2H3. The van der Waals surface area contributed by atoms with Crippen LogP contribution in [0.3, 0.4) is 0 Å². The summed E-state index contributed by atoms with van der Waals surface area (Å²) in [6, 6.07) is 6.36. The molecule has 0 amide bonds. The molecule has 0 aliphatic rings. The first kappa shape index (κ1) is 11.6. The molecule has 0 heterocycles. The van der Waals surface area contributed by atoms with Gasteiger partial charge in [0, 0.05) is 0 Å². The molecule has 0 saturated heterocycles. The van der Waals surface area contributed by atoms with E-state index in [1.54, 1.807) is 0 Å². The number of anilines is 1. The number of hydrogen-bond acceptors (Lipinski definition) is 2. The van der Waals surface area contributed by atoms with E-state index in [0.717, 1.165) is 6.54 Å². The summed E-state index contributed by atoms with van der Waals surface area (Å²) in [6.45, 7) is 6.04. The number of aliphatic hydroxyl groups excluding tert-OH is 1. The van der Waals surface area contributed by atoms with Crippen LogP contribution in [0.25, 0.3) is 0 Å². The molecule has 0 aliphatic carbocycles. The predicted molar refractivity (Wildman–Crippen MR) is 61.5 cm³/mol. The number of likely N-dealkylation sites (N-methyl/N-ethyl adjacent to an activating group) is 1. The fourth-order valence-corrected chi connectivity index (χ4v) is 1.72. The van der Waals surface area contributed by atoms with Crippen molar-refractivity contribution in [3.8, 4) is 0 Å². The normalized spacial score (nSPS) is 10.3. The van der Waals surface area contributed by atoms with Gasteiger partial charge in [0.25, 0.3) is 0 Å². The van der Waals surface area contributed by atoms with Gasteiger partial charge in [-0.05, 0) is 0 Å². The molecular weight excluding hydrogens is 237 g/mol. The maximum atomic E-state index is 8.91. The molecule has 0 bridgehead atoms. The van der Waals surface area contributed by atoms with Crippen LogP contribution in [0.1, 0.15) is 12.5 Å². The summed E-state index contributed by atoms with van der Waals surface area (Å²) in [5, 5.41) is 8.91. The SMILES string of the molecule is CCN(CCO)c1ccc([As])c(C)c1. The van der Waals surface area contributed by atoms with Gasteiger partial charge in [0.15, 0.2) is 0 Å². The van der Waals surface area contributed by atoms with Gasteiger partial charge in [0.05, 0.1) is 0 Å². The van der Waals surface area contributed by atoms with Gasteiger partial charge in [-0.15, -0.1) is 0 Å². The minimum atomic E-state index is 0.205. The zero-order valence-corrected chi connectivity index (χ0v) is 10.6. The topological polar surface area (TPSA) is 23.5 Å². The van der Waals surface area contributed by atoms with Gasteiger partial charge in [-0.25, -0.2) is 0 Å². The molecule has 14 heavy (non-hydrogen) atoms. The van der Waals surface area contributed by atoms with Crippen LogP contribution >= 0.6 is 0 Å². The fourth-order valence-electron chi connectivity index (χ4n) is 1.43. The Hall–Kier alpha value is -0.462. The molecule has 0 aliphatic heterocycles. The van der Waals surface area contributed by atoms with Gasteiger partial charge in [-0.3, -0.25) is 0 Å². The third-order valence-electron chi connectivity index (χ3n) is 2.30. The van der Waals surface area contributed by atoms with E-state index in [9.17, 15) is 0 Å². The molecule has 3 heteroatoms. The summed E-state index contributed by atoms with van der Waals surface area (Å²) in [7, 11) is 0. The van der Waals surface area contributed by atoms with Crippen LogP contribution in [0.4, 0.5) is 5.69 Å². The van der Waals surface area contributed by atoms with Crippen molar-refractivity contribution in [3.05, 3.63) is 23.8 Å².